The molecular weight excluding hydrogens is 492 g/mol. The average molecular weight is 508 g/mol. The molecule has 1 N–H and O–H groups in total. The van der Waals surface area contributed by atoms with Gasteiger partial charge in [-0.25, -0.2) is 16.8 Å². The minimum atomic E-state index is -4.84. The van der Waals surface area contributed by atoms with E-state index in [1.807, 2.05) is 0 Å². The predicted molar refractivity (Wildman–Crippen MR) is 117 cm³/mol. The van der Waals surface area contributed by atoms with Crippen LogP contribution < -0.4 is 4.74 Å². The van der Waals surface area contributed by atoms with Gasteiger partial charge >= 0.3 is 12.3 Å². The Kier molecular flexibility index (Phi) is 6.24. The SMILES string of the molecule is O=C(O)CCc1cn(S(=O)(=O)c2cncc(-c3ccc(OC(F)(F)F)cc3)c2)c2ccc(F)cc12. The van der Waals surface area contributed by atoms with E-state index in [2.05, 4.69) is 9.72 Å². The molecule has 12 heteroatoms. The van der Waals surface area contributed by atoms with E-state index in [9.17, 15) is 30.8 Å². The maximum Gasteiger partial charge on any atom is 0.573 e. The molecular formula is C23H16F4N2O5S. The molecule has 2 aromatic carbocycles. The van der Waals surface area contributed by atoms with Crippen LogP contribution in [0.3, 0.4) is 0 Å². The number of benzene rings is 2. The number of aliphatic carboxylic acids is 1. The van der Waals surface area contributed by atoms with Crippen molar-refractivity contribution in [2.24, 2.45) is 0 Å². The number of pyridine rings is 1. The van der Waals surface area contributed by atoms with Crippen LogP contribution in [0.2, 0.25) is 0 Å². The molecule has 0 fully saturated rings. The number of nitrogens with zero attached hydrogens (tertiary/aromatic N) is 2. The maximum absolute atomic E-state index is 13.8. The third kappa shape index (κ3) is 5.27. The Morgan fingerprint density at radius 2 is 1.74 bits per heavy atom. The number of carbonyl (C=O) groups is 1. The fourth-order valence-electron chi connectivity index (χ4n) is 3.56. The molecule has 0 spiro atoms. The van der Waals surface area contributed by atoms with Crippen LogP contribution in [0.4, 0.5) is 17.6 Å². The zero-order valence-corrected chi connectivity index (χ0v) is 18.5. The Hall–Kier alpha value is -3.93. The van der Waals surface area contributed by atoms with Gasteiger partial charge in [-0.05, 0) is 53.9 Å². The summed E-state index contributed by atoms with van der Waals surface area (Å²) in [6.07, 6.45) is -1.43. The fourth-order valence-corrected chi connectivity index (χ4v) is 4.94. The van der Waals surface area contributed by atoms with Crippen molar-refractivity contribution < 1.29 is 40.6 Å². The Morgan fingerprint density at radius 3 is 2.40 bits per heavy atom. The number of aryl methyl sites for hydroxylation is 1. The summed E-state index contributed by atoms with van der Waals surface area (Å²) in [7, 11) is -4.25. The van der Waals surface area contributed by atoms with E-state index in [1.54, 1.807) is 0 Å². The van der Waals surface area contributed by atoms with Gasteiger partial charge < -0.3 is 9.84 Å². The number of rotatable bonds is 7. The normalized spacial score (nSPS) is 12.1. The van der Waals surface area contributed by atoms with Crippen molar-refractivity contribution in [3.8, 4) is 16.9 Å². The summed E-state index contributed by atoms with van der Waals surface area (Å²) in [4.78, 5) is 14.7. The van der Waals surface area contributed by atoms with Crippen molar-refractivity contribution >= 4 is 26.9 Å². The highest BCUT2D eigenvalue weighted by Gasteiger charge is 2.31. The van der Waals surface area contributed by atoms with Gasteiger partial charge in [0, 0.05) is 36.0 Å². The molecule has 0 aliphatic rings. The van der Waals surface area contributed by atoms with Crippen molar-refractivity contribution in [1.29, 1.82) is 0 Å². The second kappa shape index (κ2) is 9.02. The number of hydrogen-bond acceptors (Lipinski definition) is 5. The van der Waals surface area contributed by atoms with E-state index in [1.165, 1.54) is 36.7 Å². The molecule has 4 aromatic rings. The largest absolute Gasteiger partial charge is 0.573 e. The summed E-state index contributed by atoms with van der Waals surface area (Å²) in [5, 5.41) is 9.25. The molecule has 0 bridgehead atoms. The molecule has 182 valence electrons. The van der Waals surface area contributed by atoms with Gasteiger partial charge in [-0.15, -0.1) is 13.2 Å². The summed E-state index contributed by atoms with van der Waals surface area (Å²) in [5.74, 6) is -2.13. The first-order valence-corrected chi connectivity index (χ1v) is 11.5. The predicted octanol–water partition coefficient (Wildman–Crippen LogP) is 5.00. The third-order valence-corrected chi connectivity index (χ3v) is 6.75. The van der Waals surface area contributed by atoms with Gasteiger partial charge in [0.25, 0.3) is 10.0 Å². The minimum Gasteiger partial charge on any atom is -0.481 e. The van der Waals surface area contributed by atoms with E-state index in [-0.39, 0.29) is 28.6 Å². The lowest BCUT2D eigenvalue weighted by Gasteiger charge is -2.11. The van der Waals surface area contributed by atoms with Crippen molar-refractivity contribution in [3.63, 3.8) is 0 Å². The van der Waals surface area contributed by atoms with Crippen molar-refractivity contribution in [1.82, 2.24) is 8.96 Å². The van der Waals surface area contributed by atoms with E-state index < -0.39 is 33.9 Å². The number of hydrogen-bond donors (Lipinski definition) is 1. The number of carboxylic acids is 1. The lowest BCUT2D eigenvalue weighted by molar-refractivity contribution is -0.274. The topological polar surface area (TPSA) is 98.5 Å². The number of carboxylic acid groups (broad SMARTS) is 1. The molecule has 0 aliphatic heterocycles. The molecule has 2 heterocycles. The van der Waals surface area contributed by atoms with Gasteiger partial charge in [-0.1, -0.05) is 12.1 Å². The number of aromatic nitrogens is 2. The van der Waals surface area contributed by atoms with Gasteiger partial charge in [-0.2, -0.15) is 0 Å². The van der Waals surface area contributed by atoms with E-state index in [4.69, 9.17) is 5.11 Å². The zero-order chi connectivity index (χ0) is 25.4. The van der Waals surface area contributed by atoms with Crippen LogP contribution >= 0.6 is 0 Å². The van der Waals surface area contributed by atoms with Crippen LogP contribution in [0.15, 0.2) is 72.0 Å². The Balaban J connectivity index is 1.73. The van der Waals surface area contributed by atoms with Gasteiger partial charge in [0.15, 0.2) is 0 Å². The van der Waals surface area contributed by atoms with Gasteiger partial charge in [0.2, 0.25) is 0 Å². The number of alkyl halides is 3. The highest BCUT2D eigenvalue weighted by molar-refractivity contribution is 7.90. The Bertz CT molecular complexity index is 1510. The van der Waals surface area contributed by atoms with Crippen LogP contribution in [-0.2, 0) is 21.2 Å². The molecule has 0 amide bonds. The van der Waals surface area contributed by atoms with Crippen molar-refractivity contribution in [2.75, 3.05) is 0 Å². The second-order valence-corrected chi connectivity index (χ2v) is 9.31. The van der Waals surface area contributed by atoms with Crippen LogP contribution in [-0.4, -0.2) is 34.8 Å². The maximum atomic E-state index is 13.8. The summed E-state index contributed by atoms with van der Waals surface area (Å²) >= 11 is 0. The molecule has 4 rings (SSSR count). The summed E-state index contributed by atoms with van der Waals surface area (Å²) < 4.78 is 82.7. The van der Waals surface area contributed by atoms with E-state index in [0.29, 0.717) is 16.7 Å². The molecule has 35 heavy (non-hydrogen) atoms. The first kappa shape index (κ1) is 24.2. The highest BCUT2D eigenvalue weighted by atomic mass is 32.2. The fraction of sp³-hybridized carbons (Fsp3) is 0.130. The molecule has 2 aromatic heterocycles. The molecule has 0 atom stereocenters. The highest BCUT2D eigenvalue weighted by Crippen LogP contribution is 2.30. The first-order valence-electron chi connectivity index (χ1n) is 10.0. The second-order valence-electron chi connectivity index (χ2n) is 7.49. The smallest absolute Gasteiger partial charge is 0.481 e. The Labute approximate surface area is 196 Å². The summed E-state index contributed by atoms with van der Waals surface area (Å²) in [6, 6.07) is 9.64. The first-order chi connectivity index (χ1) is 16.4. The minimum absolute atomic E-state index is 0.0115. The number of halogens is 4. The summed E-state index contributed by atoms with van der Waals surface area (Å²) in [5.41, 5.74) is 1.21. The average Bonchev–Trinajstić information content (AvgIpc) is 3.15. The van der Waals surface area contributed by atoms with Crippen LogP contribution in [0.5, 0.6) is 5.75 Å². The molecule has 0 unspecified atom stereocenters. The monoisotopic (exact) mass is 508 g/mol. The standard InChI is InChI=1S/C23H16F4N2O5S/c24-17-4-7-21-20(10-17)15(3-8-22(30)31)13-29(21)35(32,33)19-9-16(11-28-12-19)14-1-5-18(6-2-14)34-23(25,26)27/h1-2,4-7,9-13H,3,8H2,(H,30,31). The number of ether oxygens (including phenoxy) is 1. The lowest BCUT2D eigenvalue weighted by atomic mass is 10.1. The van der Waals surface area contributed by atoms with Crippen LogP contribution in [0.25, 0.3) is 22.0 Å². The van der Waals surface area contributed by atoms with Gasteiger partial charge in [-0.3, -0.25) is 9.78 Å². The van der Waals surface area contributed by atoms with Crippen LogP contribution in [0, 0.1) is 5.82 Å². The van der Waals surface area contributed by atoms with E-state index >= 15 is 0 Å². The lowest BCUT2D eigenvalue weighted by Crippen LogP contribution is -2.16. The Morgan fingerprint density at radius 1 is 1.03 bits per heavy atom. The molecule has 0 saturated heterocycles. The van der Waals surface area contributed by atoms with Crippen molar-refractivity contribution in [3.05, 3.63) is 78.5 Å². The van der Waals surface area contributed by atoms with Crippen molar-refractivity contribution in [2.45, 2.75) is 24.1 Å². The third-order valence-electron chi connectivity index (χ3n) is 5.11. The van der Waals surface area contributed by atoms with Crippen LogP contribution in [0.1, 0.15) is 12.0 Å². The van der Waals surface area contributed by atoms with E-state index in [0.717, 1.165) is 34.4 Å². The number of fused-ring (bicyclic) bond motifs is 1. The quantitative estimate of drug-likeness (QED) is 0.353. The van der Waals surface area contributed by atoms with Gasteiger partial charge in [0.05, 0.1) is 5.52 Å². The van der Waals surface area contributed by atoms with Gasteiger partial charge in [0.1, 0.15) is 16.5 Å². The zero-order valence-electron chi connectivity index (χ0n) is 17.7. The summed E-state index contributed by atoms with van der Waals surface area (Å²) in [6.45, 7) is 0. The molecule has 0 aliphatic carbocycles. The molecule has 7 nitrogen and oxygen atoms in total. The molecule has 0 saturated carbocycles. The molecule has 0 radical (unpaired) electrons.